The molecule has 1 aliphatic heterocycles. The Labute approximate surface area is 92.0 Å². The van der Waals surface area contributed by atoms with Crippen molar-refractivity contribution in [2.24, 2.45) is 0 Å². The van der Waals surface area contributed by atoms with E-state index < -0.39 is 0 Å². The van der Waals surface area contributed by atoms with E-state index in [9.17, 15) is 0 Å². The van der Waals surface area contributed by atoms with Gasteiger partial charge in [0, 0.05) is 0 Å². The Bertz CT molecular complexity index is 327. The van der Waals surface area contributed by atoms with Crippen molar-refractivity contribution in [1.82, 2.24) is 9.97 Å². The molecule has 14 heavy (non-hydrogen) atoms. The van der Waals surface area contributed by atoms with Gasteiger partial charge in [0.25, 0.3) is 0 Å². The number of ether oxygens (including phenoxy) is 1. The highest BCUT2D eigenvalue weighted by molar-refractivity contribution is 7.99. The predicted molar refractivity (Wildman–Crippen MR) is 59.4 cm³/mol. The topological polar surface area (TPSA) is 35.0 Å². The molecule has 1 aromatic heterocycles. The number of aromatic nitrogens is 2. The van der Waals surface area contributed by atoms with Crippen molar-refractivity contribution in [3.8, 4) is 5.75 Å². The van der Waals surface area contributed by atoms with E-state index in [0.717, 1.165) is 41.1 Å². The fraction of sp³-hybridized carbons (Fsp3) is 0.556. The van der Waals surface area contributed by atoms with Crippen molar-refractivity contribution in [3.63, 3.8) is 0 Å². The third kappa shape index (κ3) is 1.83. The van der Waals surface area contributed by atoms with E-state index in [-0.39, 0.29) is 0 Å². The molecule has 0 N–H and O–H groups in total. The second-order valence-electron chi connectivity index (χ2n) is 2.95. The molecule has 0 spiro atoms. The van der Waals surface area contributed by atoms with Crippen LogP contribution in [-0.2, 0) is 6.42 Å². The van der Waals surface area contributed by atoms with Gasteiger partial charge in [-0.3, -0.25) is 0 Å². The molecule has 0 aromatic carbocycles. The summed E-state index contributed by atoms with van der Waals surface area (Å²) in [6.45, 7) is 0.794. The number of hydrogen-bond donors (Lipinski definition) is 0. The highest BCUT2D eigenvalue weighted by Crippen LogP contribution is 2.33. The van der Waals surface area contributed by atoms with Crippen molar-refractivity contribution in [3.05, 3.63) is 5.69 Å². The third-order valence-electron chi connectivity index (χ3n) is 2.06. The lowest BCUT2D eigenvalue weighted by Gasteiger charge is -2.18. The summed E-state index contributed by atoms with van der Waals surface area (Å²) < 4.78 is 5.59. The molecule has 2 rings (SSSR count). The number of fused-ring (bicyclic) bond motifs is 1. The molecule has 0 aliphatic carbocycles. The number of nitrogens with zero attached hydrogens (tertiary/aromatic N) is 2. The van der Waals surface area contributed by atoms with E-state index in [1.165, 1.54) is 0 Å². The smallest absolute Gasteiger partial charge is 0.188 e. The zero-order valence-corrected chi connectivity index (χ0v) is 9.87. The lowest BCUT2D eigenvalue weighted by molar-refractivity contribution is 0.272. The molecule has 0 saturated carbocycles. The van der Waals surface area contributed by atoms with Crippen molar-refractivity contribution < 1.29 is 4.74 Å². The van der Waals surface area contributed by atoms with Crippen molar-refractivity contribution in [2.45, 2.75) is 23.0 Å². The molecule has 0 saturated heterocycles. The molecule has 5 heteroatoms. The van der Waals surface area contributed by atoms with Gasteiger partial charge in [0.2, 0.25) is 0 Å². The van der Waals surface area contributed by atoms with Crippen LogP contribution in [0.25, 0.3) is 0 Å². The molecule has 0 amide bonds. The fourth-order valence-electron chi connectivity index (χ4n) is 1.41. The molecule has 1 aromatic rings. The molecule has 0 fully saturated rings. The Morgan fingerprint density at radius 3 is 2.79 bits per heavy atom. The molecule has 0 unspecified atom stereocenters. The molecule has 76 valence electrons. The summed E-state index contributed by atoms with van der Waals surface area (Å²) in [5.74, 6) is 0.904. The number of thioether (sulfide) groups is 2. The van der Waals surface area contributed by atoms with Gasteiger partial charge in [0.15, 0.2) is 10.9 Å². The Hall–Kier alpha value is -0.420. The number of rotatable bonds is 2. The van der Waals surface area contributed by atoms with Gasteiger partial charge in [-0.15, -0.1) is 11.8 Å². The highest BCUT2D eigenvalue weighted by atomic mass is 32.2. The van der Waals surface area contributed by atoms with Crippen molar-refractivity contribution in [2.75, 3.05) is 19.1 Å². The van der Waals surface area contributed by atoms with E-state index >= 15 is 0 Å². The van der Waals surface area contributed by atoms with Crippen molar-refractivity contribution in [1.29, 1.82) is 0 Å². The second kappa shape index (κ2) is 4.40. The average Bonchev–Trinajstić information content (AvgIpc) is 2.27. The zero-order valence-electron chi connectivity index (χ0n) is 8.24. The first-order valence-corrected chi connectivity index (χ1v) is 6.92. The van der Waals surface area contributed by atoms with Gasteiger partial charge in [-0.2, -0.15) is 0 Å². The Kier molecular flexibility index (Phi) is 3.18. The van der Waals surface area contributed by atoms with E-state index in [2.05, 4.69) is 9.97 Å². The summed E-state index contributed by atoms with van der Waals surface area (Å²) in [4.78, 5) is 8.87. The summed E-state index contributed by atoms with van der Waals surface area (Å²) in [7, 11) is 0. The van der Waals surface area contributed by atoms with Crippen molar-refractivity contribution >= 4 is 23.5 Å². The molecule has 0 bridgehead atoms. The normalized spacial score (nSPS) is 14.7. The molecule has 0 atom stereocenters. The lowest BCUT2D eigenvalue weighted by atomic mass is 10.2. The van der Waals surface area contributed by atoms with Crippen LogP contribution in [0.5, 0.6) is 5.75 Å². The summed E-state index contributed by atoms with van der Waals surface area (Å²) in [5, 5.41) is 1.82. The van der Waals surface area contributed by atoms with Crippen LogP contribution in [0.15, 0.2) is 10.2 Å². The van der Waals surface area contributed by atoms with Gasteiger partial charge in [-0.05, 0) is 25.4 Å². The van der Waals surface area contributed by atoms with E-state index in [0.29, 0.717) is 0 Å². The number of aryl methyl sites for hydroxylation is 1. The lowest BCUT2D eigenvalue weighted by Crippen LogP contribution is -2.12. The maximum absolute atomic E-state index is 5.59. The summed E-state index contributed by atoms with van der Waals surface area (Å²) in [5.41, 5.74) is 1.07. The van der Waals surface area contributed by atoms with Crippen LogP contribution in [0.2, 0.25) is 0 Å². The van der Waals surface area contributed by atoms with E-state index in [4.69, 9.17) is 4.74 Å². The van der Waals surface area contributed by atoms with Gasteiger partial charge in [-0.25, -0.2) is 9.97 Å². The fourth-order valence-corrected chi connectivity index (χ4v) is 2.39. The standard InChI is InChI=1S/C9H12N2OS2/c1-13-8-7-6(4-3-5-12-7)10-9(11-8)14-2/h3-5H2,1-2H3. The Morgan fingerprint density at radius 2 is 2.07 bits per heavy atom. The highest BCUT2D eigenvalue weighted by Gasteiger charge is 2.18. The van der Waals surface area contributed by atoms with E-state index in [1.54, 1.807) is 23.5 Å². The monoisotopic (exact) mass is 228 g/mol. The zero-order chi connectivity index (χ0) is 9.97. The van der Waals surface area contributed by atoms with Gasteiger partial charge in [0.1, 0.15) is 5.03 Å². The SMILES string of the molecule is CSc1nc2c(c(SC)n1)OCCC2. The second-order valence-corrected chi connectivity index (χ2v) is 4.52. The first-order chi connectivity index (χ1) is 6.85. The Morgan fingerprint density at radius 1 is 1.21 bits per heavy atom. The van der Waals surface area contributed by atoms with Gasteiger partial charge in [-0.1, -0.05) is 11.8 Å². The van der Waals surface area contributed by atoms with Crippen LogP contribution >= 0.6 is 23.5 Å². The quantitative estimate of drug-likeness (QED) is 0.440. The minimum Gasteiger partial charge on any atom is -0.489 e. The third-order valence-corrected chi connectivity index (χ3v) is 3.28. The van der Waals surface area contributed by atoms with E-state index in [1.807, 2.05) is 12.5 Å². The molecule has 1 aliphatic rings. The van der Waals surface area contributed by atoms with Crippen LogP contribution < -0.4 is 4.74 Å². The van der Waals surface area contributed by atoms with Gasteiger partial charge >= 0.3 is 0 Å². The molecular formula is C9H12N2OS2. The summed E-state index contributed by atoms with van der Waals surface area (Å²) in [6, 6.07) is 0. The van der Waals surface area contributed by atoms with Crippen LogP contribution in [0, 0.1) is 0 Å². The average molecular weight is 228 g/mol. The maximum Gasteiger partial charge on any atom is 0.188 e. The summed E-state index contributed by atoms with van der Waals surface area (Å²) in [6.07, 6.45) is 6.09. The van der Waals surface area contributed by atoms with Crippen LogP contribution in [-0.4, -0.2) is 29.1 Å². The Balaban J connectivity index is 2.47. The number of hydrogen-bond acceptors (Lipinski definition) is 5. The molecular weight excluding hydrogens is 216 g/mol. The predicted octanol–water partition coefficient (Wildman–Crippen LogP) is 2.25. The molecule has 0 radical (unpaired) electrons. The van der Waals surface area contributed by atoms with Crippen LogP contribution in [0.3, 0.4) is 0 Å². The van der Waals surface area contributed by atoms with Crippen LogP contribution in [0.4, 0.5) is 0 Å². The molecule has 2 heterocycles. The first kappa shape index (κ1) is 10.1. The minimum absolute atomic E-state index is 0.794. The molecule has 3 nitrogen and oxygen atoms in total. The summed E-state index contributed by atoms with van der Waals surface area (Å²) >= 11 is 3.20. The first-order valence-electron chi connectivity index (χ1n) is 4.47. The van der Waals surface area contributed by atoms with Gasteiger partial charge < -0.3 is 4.74 Å². The largest absolute Gasteiger partial charge is 0.489 e. The van der Waals surface area contributed by atoms with Crippen LogP contribution in [0.1, 0.15) is 12.1 Å². The van der Waals surface area contributed by atoms with Gasteiger partial charge in [0.05, 0.1) is 12.3 Å². The minimum atomic E-state index is 0.794. The maximum atomic E-state index is 5.59.